The first-order chi connectivity index (χ1) is 9.65. The van der Waals surface area contributed by atoms with Gasteiger partial charge in [0.25, 0.3) is 0 Å². The van der Waals surface area contributed by atoms with Gasteiger partial charge in [-0.3, -0.25) is 9.48 Å². The number of carbonyl (C=O) groups excluding carboxylic acids is 1. The molecule has 1 amide bonds. The van der Waals surface area contributed by atoms with Crippen molar-refractivity contribution in [3.05, 3.63) is 18.0 Å². The maximum atomic E-state index is 12.4. The molecule has 2 heterocycles. The highest BCUT2D eigenvalue weighted by Crippen LogP contribution is 2.30. The summed E-state index contributed by atoms with van der Waals surface area (Å²) >= 11 is 0. The minimum Gasteiger partial charge on any atom is -0.340 e. The van der Waals surface area contributed by atoms with Gasteiger partial charge < -0.3 is 10.6 Å². The molecule has 0 bridgehead atoms. The average molecular weight is 276 g/mol. The molecule has 1 aliphatic carbocycles. The summed E-state index contributed by atoms with van der Waals surface area (Å²) < 4.78 is 1.87. The predicted molar refractivity (Wildman–Crippen MR) is 77.1 cm³/mol. The van der Waals surface area contributed by atoms with Gasteiger partial charge in [-0.2, -0.15) is 5.10 Å². The molecule has 5 nitrogen and oxygen atoms in total. The Morgan fingerprint density at radius 1 is 1.40 bits per heavy atom. The van der Waals surface area contributed by atoms with Crippen molar-refractivity contribution in [3.8, 4) is 0 Å². The van der Waals surface area contributed by atoms with E-state index in [1.807, 2.05) is 22.7 Å². The van der Waals surface area contributed by atoms with Gasteiger partial charge in [-0.1, -0.05) is 12.8 Å². The first-order valence-electron chi connectivity index (χ1n) is 7.66. The Morgan fingerprint density at radius 2 is 2.15 bits per heavy atom. The van der Waals surface area contributed by atoms with Crippen LogP contribution in [0.5, 0.6) is 0 Å². The Hall–Kier alpha value is -1.36. The third-order valence-electron chi connectivity index (χ3n) is 4.89. The summed E-state index contributed by atoms with van der Waals surface area (Å²) in [7, 11) is 1.94. The molecule has 0 unspecified atom stereocenters. The van der Waals surface area contributed by atoms with Crippen LogP contribution in [0.2, 0.25) is 0 Å². The Morgan fingerprint density at radius 3 is 2.80 bits per heavy atom. The molecule has 0 aromatic carbocycles. The third-order valence-corrected chi connectivity index (χ3v) is 4.89. The van der Waals surface area contributed by atoms with E-state index in [2.05, 4.69) is 5.10 Å². The van der Waals surface area contributed by atoms with Gasteiger partial charge in [0.2, 0.25) is 5.91 Å². The molecule has 20 heavy (non-hydrogen) atoms. The highest BCUT2D eigenvalue weighted by molar-refractivity contribution is 5.77. The zero-order valence-corrected chi connectivity index (χ0v) is 12.2. The highest BCUT2D eigenvalue weighted by Gasteiger charge is 2.35. The Labute approximate surface area is 120 Å². The first kappa shape index (κ1) is 13.6. The van der Waals surface area contributed by atoms with Crippen LogP contribution in [0.25, 0.3) is 0 Å². The van der Waals surface area contributed by atoms with E-state index in [4.69, 9.17) is 5.73 Å². The van der Waals surface area contributed by atoms with Crippen LogP contribution in [0.15, 0.2) is 12.3 Å². The summed E-state index contributed by atoms with van der Waals surface area (Å²) in [5.41, 5.74) is 7.37. The van der Waals surface area contributed by atoms with Crippen molar-refractivity contribution in [1.82, 2.24) is 14.7 Å². The van der Waals surface area contributed by atoms with Gasteiger partial charge >= 0.3 is 0 Å². The SMILES string of the molecule is Cn1nccc1[C@@H]1CN(C(=O)CC2CCCC2)C[C@H]1N. The summed E-state index contributed by atoms with van der Waals surface area (Å²) in [6.07, 6.45) is 7.52. The lowest BCUT2D eigenvalue weighted by Gasteiger charge is -2.18. The number of amides is 1. The smallest absolute Gasteiger partial charge is 0.222 e. The van der Waals surface area contributed by atoms with Crippen LogP contribution in [-0.2, 0) is 11.8 Å². The number of hydrogen-bond acceptors (Lipinski definition) is 3. The number of hydrogen-bond donors (Lipinski definition) is 1. The van der Waals surface area contributed by atoms with Gasteiger partial charge in [-0.15, -0.1) is 0 Å². The van der Waals surface area contributed by atoms with E-state index in [0.29, 0.717) is 18.9 Å². The number of aryl methyl sites for hydroxylation is 1. The summed E-state index contributed by atoms with van der Waals surface area (Å²) in [6, 6.07) is 2.04. The predicted octanol–water partition coefficient (Wildman–Crippen LogP) is 1.25. The normalized spacial score (nSPS) is 27.4. The number of nitrogens with zero attached hydrogens (tertiary/aromatic N) is 3. The second-order valence-electron chi connectivity index (χ2n) is 6.30. The van der Waals surface area contributed by atoms with Crippen LogP contribution >= 0.6 is 0 Å². The van der Waals surface area contributed by atoms with Crippen LogP contribution in [0.3, 0.4) is 0 Å². The molecule has 0 spiro atoms. The van der Waals surface area contributed by atoms with E-state index < -0.39 is 0 Å². The van der Waals surface area contributed by atoms with Crippen LogP contribution < -0.4 is 5.73 Å². The molecule has 2 N–H and O–H groups in total. The van der Waals surface area contributed by atoms with Crippen molar-refractivity contribution in [2.75, 3.05) is 13.1 Å². The highest BCUT2D eigenvalue weighted by atomic mass is 16.2. The number of likely N-dealkylation sites (tertiary alicyclic amines) is 1. The summed E-state index contributed by atoms with van der Waals surface area (Å²) in [4.78, 5) is 14.4. The van der Waals surface area contributed by atoms with E-state index in [1.54, 1.807) is 6.20 Å². The van der Waals surface area contributed by atoms with E-state index in [0.717, 1.165) is 12.2 Å². The van der Waals surface area contributed by atoms with Gasteiger partial charge in [-0.05, 0) is 24.8 Å². The number of nitrogens with two attached hydrogens (primary N) is 1. The van der Waals surface area contributed by atoms with Crippen LogP contribution in [0, 0.1) is 5.92 Å². The second kappa shape index (κ2) is 5.56. The lowest BCUT2D eigenvalue weighted by atomic mass is 10.0. The van der Waals surface area contributed by atoms with Gasteiger partial charge in [0, 0.05) is 50.4 Å². The van der Waals surface area contributed by atoms with Crippen molar-refractivity contribution in [3.63, 3.8) is 0 Å². The van der Waals surface area contributed by atoms with Crippen molar-refractivity contribution in [2.24, 2.45) is 18.7 Å². The second-order valence-corrected chi connectivity index (χ2v) is 6.30. The fraction of sp³-hybridized carbons (Fsp3) is 0.733. The Balaban J connectivity index is 1.62. The summed E-state index contributed by atoms with van der Waals surface area (Å²) in [5.74, 6) is 1.11. The number of aromatic nitrogens is 2. The molecule has 110 valence electrons. The molecule has 1 aliphatic heterocycles. The zero-order valence-electron chi connectivity index (χ0n) is 12.2. The molecule has 3 rings (SSSR count). The summed E-state index contributed by atoms with van der Waals surface area (Å²) in [6.45, 7) is 1.42. The fourth-order valence-corrected chi connectivity index (χ4v) is 3.68. The lowest BCUT2D eigenvalue weighted by Crippen LogP contribution is -2.33. The van der Waals surface area contributed by atoms with Gasteiger partial charge in [0.15, 0.2) is 0 Å². The van der Waals surface area contributed by atoms with E-state index in [-0.39, 0.29) is 17.9 Å². The van der Waals surface area contributed by atoms with Gasteiger partial charge in [0.1, 0.15) is 0 Å². The van der Waals surface area contributed by atoms with Crippen LogP contribution in [-0.4, -0.2) is 39.7 Å². The zero-order chi connectivity index (χ0) is 14.1. The topological polar surface area (TPSA) is 64.2 Å². The molecule has 1 aromatic rings. The molecule has 5 heteroatoms. The molecule has 1 saturated carbocycles. The minimum atomic E-state index is 0.0259. The molecule has 1 aromatic heterocycles. The quantitative estimate of drug-likeness (QED) is 0.903. The van der Waals surface area contributed by atoms with Crippen LogP contribution in [0.4, 0.5) is 0 Å². The summed E-state index contributed by atoms with van der Waals surface area (Å²) in [5, 5.41) is 4.21. The Bertz CT molecular complexity index is 478. The molecule has 2 atom stereocenters. The van der Waals surface area contributed by atoms with Crippen LogP contribution in [0.1, 0.15) is 43.7 Å². The lowest BCUT2D eigenvalue weighted by molar-refractivity contribution is -0.131. The van der Waals surface area contributed by atoms with Crippen molar-refractivity contribution in [1.29, 1.82) is 0 Å². The molecule has 0 radical (unpaired) electrons. The van der Waals surface area contributed by atoms with Gasteiger partial charge in [-0.25, -0.2) is 0 Å². The minimum absolute atomic E-state index is 0.0259. The molecule has 2 fully saturated rings. The van der Waals surface area contributed by atoms with Crippen molar-refractivity contribution >= 4 is 5.91 Å². The van der Waals surface area contributed by atoms with Crippen molar-refractivity contribution in [2.45, 2.75) is 44.1 Å². The van der Waals surface area contributed by atoms with E-state index >= 15 is 0 Å². The largest absolute Gasteiger partial charge is 0.340 e. The fourth-order valence-electron chi connectivity index (χ4n) is 3.68. The molecule has 2 aliphatic rings. The van der Waals surface area contributed by atoms with E-state index in [9.17, 15) is 4.79 Å². The molecular formula is C15H24N4O. The first-order valence-corrected chi connectivity index (χ1v) is 7.66. The van der Waals surface area contributed by atoms with Gasteiger partial charge in [0.05, 0.1) is 0 Å². The average Bonchev–Trinajstić information content (AvgIpc) is 3.11. The van der Waals surface area contributed by atoms with E-state index in [1.165, 1.54) is 25.7 Å². The standard InChI is InChI=1S/C15H24N4O/c1-18-14(6-7-17-18)12-9-19(10-13(12)16)15(20)8-11-4-2-3-5-11/h6-7,11-13H,2-5,8-10,16H2,1H3/t12-,13-/m1/s1. The maximum Gasteiger partial charge on any atom is 0.222 e. The number of carbonyl (C=O) groups is 1. The molecule has 1 saturated heterocycles. The maximum absolute atomic E-state index is 12.4. The van der Waals surface area contributed by atoms with Crippen molar-refractivity contribution < 1.29 is 4.79 Å². The third kappa shape index (κ3) is 2.59. The monoisotopic (exact) mass is 276 g/mol. The molecular weight excluding hydrogens is 252 g/mol. The number of rotatable bonds is 3. The Kier molecular flexibility index (Phi) is 3.78.